The Morgan fingerprint density at radius 2 is 1.89 bits per heavy atom. The molecule has 1 heterocycles. The van der Waals surface area contributed by atoms with Gasteiger partial charge in [-0.15, -0.1) is 0 Å². The van der Waals surface area contributed by atoms with Gasteiger partial charge in [-0.3, -0.25) is 4.79 Å². The van der Waals surface area contributed by atoms with Crippen molar-refractivity contribution >= 4 is 5.69 Å². The van der Waals surface area contributed by atoms with Gasteiger partial charge in [-0.25, -0.2) is 0 Å². The largest absolute Gasteiger partial charge is 0.493 e. The van der Waals surface area contributed by atoms with Crippen LogP contribution in [0.4, 0.5) is 5.69 Å². The predicted octanol–water partition coefficient (Wildman–Crippen LogP) is 1.52. The van der Waals surface area contributed by atoms with E-state index in [9.17, 15) is 4.79 Å². The SMILES string of the molecule is COc1ccccc1OCCn1cccc(N)c1=O. The molecule has 1 aromatic carbocycles. The molecule has 0 bridgehead atoms. The molecule has 0 amide bonds. The van der Waals surface area contributed by atoms with E-state index in [1.807, 2.05) is 24.3 Å². The molecule has 0 spiro atoms. The fourth-order valence-corrected chi connectivity index (χ4v) is 1.72. The number of nitrogens with zero attached hydrogens (tertiary/aromatic N) is 1. The first kappa shape index (κ1) is 13.0. The van der Waals surface area contributed by atoms with Gasteiger partial charge in [0.1, 0.15) is 6.61 Å². The molecule has 2 N–H and O–H groups in total. The second-order valence-corrected chi connectivity index (χ2v) is 3.96. The highest BCUT2D eigenvalue weighted by Crippen LogP contribution is 2.25. The fraction of sp³-hybridized carbons (Fsp3) is 0.214. The van der Waals surface area contributed by atoms with E-state index >= 15 is 0 Å². The van der Waals surface area contributed by atoms with E-state index in [4.69, 9.17) is 15.2 Å². The molecule has 0 fully saturated rings. The number of benzene rings is 1. The van der Waals surface area contributed by atoms with Gasteiger partial charge < -0.3 is 19.8 Å². The molecule has 0 saturated carbocycles. The highest BCUT2D eigenvalue weighted by Gasteiger charge is 2.03. The molecular weight excluding hydrogens is 244 g/mol. The minimum atomic E-state index is -0.203. The third-order valence-corrected chi connectivity index (χ3v) is 2.71. The van der Waals surface area contributed by atoms with Crippen LogP contribution in [0.25, 0.3) is 0 Å². The van der Waals surface area contributed by atoms with Crippen molar-refractivity contribution < 1.29 is 9.47 Å². The summed E-state index contributed by atoms with van der Waals surface area (Å²) < 4.78 is 12.3. The summed E-state index contributed by atoms with van der Waals surface area (Å²) >= 11 is 0. The third-order valence-electron chi connectivity index (χ3n) is 2.71. The molecule has 19 heavy (non-hydrogen) atoms. The average Bonchev–Trinajstić information content (AvgIpc) is 2.44. The van der Waals surface area contributed by atoms with Crippen molar-refractivity contribution in [2.75, 3.05) is 19.5 Å². The Morgan fingerprint density at radius 3 is 2.63 bits per heavy atom. The standard InChI is InChI=1S/C14H16N2O3/c1-18-12-6-2-3-7-13(12)19-10-9-16-8-4-5-11(15)14(16)17/h2-8H,9-10,15H2,1H3. The molecule has 0 aliphatic carbocycles. The lowest BCUT2D eigenvalue weighted by atomic mass is 10.3. The van der Waals surface area contributed by atoms with Crippen molar-refractivity contribution in [3.05, 3.63) is 52.9 Å². The van der Waals surface area contributed by atoms with Crippen LogP contribution < -0.4 is 20.8 Å². The summed E-state index contributed by atoms with van der Waals surface area (Å²) in [7, 11) is 1.59. The molecule has 0 unspecified atom stereocenters. The van der Waals surface area contributed by atoms with Gasteiger partial charge in [-0.1, -0.05) is 12.1 Å². The molecule has 1 aromatic heterocycles. The molecule has 5 nitrogen and oxygen atoms in total. The number of nitrogen functional groups attached to an aromatic ring is 1. The monoisotopic (exact) mass is 260 g/mol. The molecule has 0 atom stereocenters. The maximum Gasteiger partial charge on any atom is 0.273 e. The zero-order valence-electron chi connectivity index (χ0n) is 10.7. The van der Waals surface area contributed by atoms with E-state index in [-0.39, 0.29) is 11.2 Å². The number of pyridine rings is 1. The van der Waals surface area contributed by atoms with Crippen LogP contribution in [0.3, 0.4) is 0 Å². The Kier molecular flexibility index (Phi) is 4.07. The van der Waals surface area contributed by atoms with Crippen LogP contribution in [0.15, 0.2) is 47.4 Å². The summed E-state index contributed by atoms with van der Waals surface area (Å²) in [5, 5.41) is 0. The number of para-hydroxylation sites is 2. The van der Waals surface area contributed by atoms with Crippen molar-refractivity contribution in [2.24, 2.45) is 0 Å². The summed E-state index contributed by atoms with van der Waals surface area (Å²) in [5.74, 6) is 1.32. The summed E-state index contributed by atoms with van der Waals surface area (Å²) in [4.78, 5) is 11.7. The average molecular weight is 260 g/mol. The predicted molar refractivity (Wildman–Crippen MR) is 73.6 cm³/mol. The Labute approximate surface area is 111 Å². The van der Waals surface area contributed by atoms with E-state index in [0.29, 0.717) is 24.7 Å². The van der Waals surface area contributed by atoms with Gasteiger partial charge in [-0.05, 0) is 24.3 Å². The van der Waals surface area contributed by atoms with Gasteiger partial charge in [0.05, 0.1) is 19.3 Å². The van der Waals surface area contributed by atoms with Crippen LogP contribution in [-0.2, 0) is 6.54 Å². The first-order chi connectivity index (χ1) is 9.22. The maximum absolute atomic E-state index is 11.7. The minimum Gasteiger partial charge on any atom is -0.493 e. The number of nitrogens with two attached hydrogens (primary N) is 1. The topological polar surface area (TPSA) is 66.5 Å². The lowest BCUT2D eigenvalue weighted by molar-refractivity contribution is 0.278. The molecule has 0 aliphatic rings. The number of methoxy groups -OCH3 is 1. The second-order valence-electron chi connectivity index (χ2n) is 3.96. The van der Waals surface area contributed by atoms with Gasteiger partial charge in [-0.2, -0.15) is 0 Å². The van der Waals surface area contributed by atoms with Crippen LogP contribution in [-0.4, -0.2) is 18.3 Å². The number of rotatable bonds is 5. The van der Waals surface area contributed by atoms with Crippen LogP contribution in [0.5, 0.6) is 11.5 Å². The number of anilines is 1. The lowest BCUT2D eigenvalue weighted by Crippen LogP contribution is -2.24. The smallest absolute Gasteiger partial charge is 0.273 e. The van der Waals surface area contributed by atoms with Gasteiger partial charge in [0.15, 0.2) is 11.5 Å². The molecule has 0 radical (unpaired) electrons. The van der Waals surface area contributed by atoms with E-state index < -0.39 is 0 Å². The fourth-order valence-electron chi connectivity index (χ4n) is 1.72. The van der Waals surface area contributed by atoms with Crippen molar-refractivity contribution in [1.29, 1.82) is 0 Å². The van der Waals surface area contributed by atoms with Crippen LogP contribution in [0.2, 0.25) is 0 Å². The third kappa shape index (κ3) is 3.07. The van der Waals surface area contributed by atoms with Gasteiger partial charge in [0, 0.05) is 6.20 Å². The van der Waals surface area contributed by atoms with E-state index in [1.54, 1.807) is 25.4 Å². The summed E-state index contributed by atoms with van der Waals surface area (Å²) in [6, 6.07) is 10.7. The second kappa shape index (κ2) is 5.95. The van der Waals surface area contributed by atoms with Crippen molar-refractivity contribution in [2.45, 2.75) is 6.54 Å². The first-order valence-electron chi connectivity index (χ1n) is 5.93. The Bertz CT molecular complexity index is 608. The zero-order chi connectivity index (χ0) is 13.7. The quantitative estimate of drug-likeness (QED) is 0.885. The summed E-state index contributed by atoms with van der Waals surface area (Å²) in [6.07, 6.45) is 1.68. The van der Waals surface area contributed by atoms with Gasteiger partial charge in [0.2, 0.25) is 0 Å². The number of hydrogen-bond donors (Lipinski definition) is 1. The van der Waals surface area contributed by atoms with Crippen molar-refractivity contribution in [3.8, 4) is 11.5 Å². The first-order valence-corrected chi connectivity index (χ1v) is 5.93. The van der Waals surface area contributed by atoms with Crippen LogP contribution in [0, 0.1) is 0 Å². The number of aromatic nitrogens is 1. The van der Waals surface area contributed by atoms with Crippen molar-refractivity contribution in [1.82, 2.24) is 4.57 Å². The van der Waals surface area contributed by atoms with Crippen LogP contribution in [0.1, 0.15) is 0 Å². The molecule has 2 aromatic rings. The molecular formula is C14H16N2O3. The van der Waals surface area contributed by atoms with E-state index in [2.05, 4.69) is 0 Å². The lowest BCUT2D eigenvalue weighted by Gasteiger charge is -2.11. The van der Waals surface area contributed by atoms with Gasteiger partial charge >= 0.3 is 0 Å². The molecule has 0 aliphatic heterocycles. The van der Waals surface area contributed by atoms with E-state index in [0.717, 1.165) is 0 Å². The Balaban J connectivity index is 2.00. The normalized spacial score (nSPS) is 10.2. The van der Waals surface area contributed by atoms with Crippen LogP contribution >= 0.6 is 0 Å². The van der Waals surface area contributed by atoms with Crippen molar-refractivity contribution in [3.63, 3.8) is 0 Å². The Hall–Kier alpha value is -2.43. The minimum absolute atomic E-state index is 0.203. The Morgan fingerprint density at radius 1 is 1.16 bits per heavy atom. The summed E-state index contributed by atoms with van der Waals surface area (Å²) in [6.45, 7) is 0.797. The molecule has 100 valence electrons. The molecule has 2 rings (SSSR count). The molecule has 0 saturated heterocycles. The van der Waals surface area contributed by atoms with E-state index in [1.165, 1.54) is 4.57 Å². The summed E-state index contributed by atoms with van der Waals surface area (Å²) in [5.41, 5.74) is 5.59. The maximum atomic E-state index is 11.7. The zero-order valence-corrected chi connectivity index (χ0v) is 10.7. The number of hydrogen-bond acceptors (Lipinski definition) is 4. The highest BCUT2D eigenvalue weighted by atomic mass is 16.5. The molecule has 5 heteroatoms. The highest BCUT2D eigenvalue weighted by molar-refractivity contribution is 5.39. The number of ether oxygens (including phenoxy) is 2. The van der Waals surface area contributed by atoms with Gasteiger partial charge in [0.25, 0.3) is 5.56 Å².